The molecule has 1 fully saturated rings. The predicted molar refractivity (Wildman–Crippen MR) is 34.0 cm³/mol. The van der Waals surface area contributed by atoms with Gasteiger partial charge in [-0.25, -0.2) is 0 Å². The Balaban J connectivity index is 0.000000490. The molecular weight excluding hydrogens is 113 g/mol. The van der Waals surface area contributed by atoms with Gasteiger partial charge in [-0.2, -0.15) is 0 Å². The number of hydrogen-bond acceptors (Lipinski definition) is 1. The van der Waals surface area contributed by atoms with Crippen LogP contribution in [0.3, 0.4) is 0 Å². The van der Waals surface area contributed by atoms with Crippen molar-refractivity contribution in [3.63, 3.8) is 0 Å². The normalized spacial score (nSPS) is 18.6. The van der Waals surface area contributed by atoms with Crippen molar-refractivity contribution < 1.29 is 4.79 Å². The molecule has 0 bridgehead atoms. The molecule has 0 aliphatic carbocycles. The molecule has 1 aliphatic rings. The van der Waals surface area contributed by atoms with E-state index in [9.17, 15) is 4.79 Å². The van der Waals surface area contributed by atoms with E-state index in [4.69, 9.17) is 0 Å². The molecule has 0 spiro atoms. The van der Waals surface area contributed by atoms with Crippen LogP contribution in [-0.2, 0) is 4.79 Å². The first-order valence-corrected chi connectivity index (χ1v) is 2.54. The number of carbonyl (C=O) groups is 1. The van der Waals surface area contributed by atoms with E-state index in [0.717, 1.165) is 19.4 Å². The van der Waals surface area contributed by atoms with Crippen LogP contribution in [0.2, 0.25) is 0 Å². The van der Waals surface area contributed by atoms with Gasteiger partial charge in [0.2, 0.25) is 5.91 Å². The molecule has 42 valence electrons. The van der Waals surface area contributed by atoms with E-state index in [2.05, 4.69) is 0 Å². The summed E-state index contributed by atoms with van der Waals surface area (Å²) in [5, 5.41) is 0. The van der Waals surface area contributed by atoms with Gasteiger partial charge < -0.3 is 4.90 Å². The molecule has 1 saturated heterocycles. The van der Waals surface area contributed by atoms with Crippen LogP contribution in [0.4, 0.5) is 0 Å². The first kappa shape index (κ1) is 8.47. The molecule has 0 radical (unpaired) electrons. The summed E-state index contributed by atoms with van der Waals surface area (Å²) in [4.78, 5) is 12.3. The number of nitrogens with zero attached hydrogens (tertiary/aromatic N) is 1. The van der Waals surface area contributed by atoms with Crippen molar-refractivity contribution in [3.8, 4) is 0 Å². The van der Waals surface area contributed by atoms with Gasteiger partial charge in [-0.1, -0.05) is 0 Å². The van der Waals surface area contributed by atoms with Crippen LogP contribution in [0.5, 0.6) is 0 Å². The zero-order valence-corrected chi connectivity index (χ0v) is 4.48. The third-order valence-corrected chi connectivity index (χ3v) is 1.31. The average Bonchev–Trinajstić information content (AvgIpc) is 1.91. The number of hydrogen-bond donors (Lipinski definition) is 0. The van der Waals surface area contributed by atoms with Crippen molar-refractivity contribution in [1.82, 2.24) is 4.90 Å². The van der Waals surface area contributed by atoms with Gasteiger partial charge in [0, 0.05) is 20.0 Å². The first-order chi connectivity index (χ1) is 3.30. The van der Waals surface area contributed by atoms with Crippen molar-refractivity contribution in [2.75, 3.05) is 13.6 Å². The fraction of sp³-hybridized carbons (Fsp3) is 0.800. The van der Waals surface area contributed by atoms with Crippen LogP contribution < -0.4 is 0 Å². The fourth-order valence-electron chi connectivity index (χ4n) is 0.783. The molecule has 0 aromatic rings. The molecule has 0 unspecified atom stereocenters. The Bertz CT molecular complexity index is 94.4. The SMILES string of the molecule is CN1CCCC1=O.[NaH]. The van der Waals surface area contributed by atoms with E-state index in [1.807, 2.05) is 7.05 Å². The molecule has 0 atom stereocenters. The summed E-state index contributed by atoms with van der Waals surface area (Å²) in [6.45, 7) is 0.957. The van der Waals surface area contributed by atoms with E-state index >= 15 is 0 Å². The fourth-order valence-corrected chi connectivity index (χ4v) is 0.783. The van der Waals surface area contributed by atoms with Crippen LogP contribution in [0.1, 0.15) is 12.8 Å². The molecule has 8 heavy (non-hydrogen) atoms. The average molecular weight is 123 g/mol. The molecule has 0 N–H and O–H groups in total. The summed E-state index contributed by atoms with van der Waals surface area (Å²) in [5.41, 5.74) is 0. The van der Waals surface area contributed by atoms with Gasteiger partial charge in [0.1, 0.15) is 0 Å². The van der Waals surface area contributed by atoms with Gasteiger partial charge in [-0.3, -0.25) is 4.79 Å². The van der Waals surface area contributed by atoms with Crippen molar-refractivity contribution in [2.45, 2.75) is 12.8 Å². The van der Waals surface area contributed by atoms with Crippen LogP contribution in [0, 0.1) is 0 Å². The quantitative estimate of drug-likeness (QED) is 0.401. The molecular formula is C5H10NNaO. The van der Waals surface area contributed by atoms with Gasteiger partial charge in [-0.05, 0) is 6.42 Å². The second kappa shape index (κ2) is 3.49. The molecule has 1 heterocycles. The maximum absolute atomic E-state index is 10.5. The van der Waals surface area contributed by atoms with Crippen LogP contribution >= 0.6 is 0 Å². The molecule has 2 nitrogen and oxygen atoms in total. The molecule has 1 rings (SSSR count). The van der Waals surface area contributed by atoms with Gasteiger partial charge in [0.15, 0.2) is 0 Å². The van der Waals surface area contributed by atoms with Gasteiger partial charge >= 0.3 is 29.6 Å². The Kier molecular flexibility index (Phi) is 3.69. The zero-order chi connectivity index (χ0) is 5.28. The monoisotopic (exact) mass is 123 g/mol. The van der Waals surface area contributed by atoms with E-state index in [1.165, 1.54) is 0 Å². The van der Waals surface area contributed by atoms with E-state index < -0.39 is 0 Å². The molecule has 0 aromatic heterocycles. The molecule has 0 saturated carbocycles. The predicted octanol–water partition coefficient (Wildman–Crippen LogP) is -0.410. The number of carbonyl (C=O) groups excluding carboxylic acids is 1. The van der Waals surface area contributed by atoms with Crippen molar-refractivity contribution in [3.05, 3.63) is 0 Å². The third-order valence-electron chi connectivity index (χ3n) is 1.31. The Morgan fingerprint density at radius 3 is 2.38 bits per heavy atom. The van der Waals surface area contributed by atoms with E-state index in [-0.39, 0.29) is 29.6 Å². The number of amides is 1. The molecule has 3 heteroatoms. The first-order valence-electron chi connectivity index (χ1n) is 2.54. The molecule has 1 aliphatic heterocycles. The Hall–Kier alpha value is 0.470. The second-order valence-corrected chi connectivity index (χ2v) is 1.92. The maximum atomic E-state index is 10.5. The van der Waals surface area contributed by atoms with Crippen molar-refractivity contribution in [1.29, 1.82) is 0 Å². The molecule has 0 aromatic carbocycles. The number of likely N-dealkylation sites (tertiary alicyclic amines) is 1. The summed E-state index contributed by atoms with van der Waals surface area (Å²) >= 11 is 0. The third kappa shape index (κ3) is 1.77. The van der Waals surface area contributed by atoms with Crippen LogP contribution in [-0.4, -0.2) is 54.0 Å². The summed E-state index contributed by atoms with van der Waals surface area (Å²) in [6.07, 6.45) is 1.81. The summed E-state index contributed by atoms with van der Waals surface area (Å²) in [6, 6.07) is 0. The van der Waals surface area contributed by atoms with E-state index in [0.29, 0.717) is 5.91 Å². The van der Waals surface area contributed by atoms with Gasteiger partial charge in [0.25, 0.3) is 0 Å². The Morgan fingerprint density at radius 1 is 1.62 bits per heavy atom. The summed E-state index contributed by atoms with van der Waals surface area (Å²) in [5.74, 6) is 0.292. The summed E-state index contributed by atoms with van der Waals surface area (Å²) < 4.78 is 0. The minimum atomic E-state index is 0. The van der Waals surface area contributed by atoms with Crippen LogP contribution in [0.25, 0.3) is 0 Å². The number of rotatable bonds is 0. The second-order valence-electron chi connectivity index (χ2n) is 1.92. The zero-order valence-electron chi connectivity index (χ0n) is 4.48. The summed E-state index contributed by atoms with van der Waals surface area (Å²) in [7, 11) is 1.84. The standard InChI is InChI=1S/C5H9NO.Na.H/c1-6-4-2-3-5(6)7;;/h2-4H2,1H3;;. The van der Waals surface area contributed by atoms with Crippen molar-refractivity contribution >= 4 is 35.5 Å². The Labute approximate surface area is 71.5 Å². The molecule has 1 amide bonds. The van der Waals surface area contributed by atoms with Crippen molar-refractivity contribution in [2.24, 2.45) is 0 Å². The van der Waals surface area contributed by atoms with Gasteiger partial charge in [0.05, 0.1) is 0 Å². The van der Waals surface area contributed by atoms with Crippen LogP contribution in [0.15, 0.2) is 0 Å². The minimum absolute atomic E-state index is 0. The van der Waals surface area contributed by atoms with Gasteiger partial charge in [-0.15, -0.1) is 0 Å². The topological polar surface area (TPSA) is 20.3 Å². The Morgan fingerprint density at radius 2 is 2.25 bits per heavy atom. The van der Waals surface area contributed by atoms with E-state index in [1.54, 1.807) is 4.90 Å².